The first-order valence-corrected chi connectivity index (χ1v) is 6.63. The Labute approximate surface area is 110 Å². The number of benzene rings is 1. The van der Waals surface area contributed by atoms with Crippen molar-refractivity contribution in [2.75, 3.05) is 11.4 Å². The van der Waals surface area contributed by atoms with Gasteiger partial charge in [-0.2, -0.15) is 5.26 Å². The van der Waals surface area contributed by atoms with Crippen LogP contribution in [0, 0.1) is 11.3 Å². The Morgan fingerprint density at radius 2 is 2.29 bits per heavy atom. The Kier molecular flexibility index (Phi) is 3.70. The van der Waals surface area contributed by atoms with E-state index in [4.69, 9.17) is 5.73 Å². The van der Waals surface area contributed by atoms with Gasteiger partial charge in [0.05, 0.1) is 11.3 Å². The molecule has 1 saturated heterocycles. The molecule has 1 fully saturated rings. The summed E-state index contributed by atoms with van der Waals surface area (Å²) in [6.07, 6.45) is 1.98. The summed E-state index contributed by atoms with van der Waals surface area (Å²) in [5.74, 6) is 0. The van der Waals surface area contributed by atoms with Crippen LogP contribution in [0.4, 0.5) is 5.69 Å². The molecule has 0 saturated carbocycles. The zero-order valence-corrected chi connectivity index (χ0v) is 11.4. The summed E-state index contributed by atoms with van der Waals surface area (Å²) in [4.78, 5) is 2.29. The van der Waals surface area contributed by atoms with Crippen LogP contribution in [0.25, 0.3) is 0 Å². The Bertz CT molecular complexity index is 452. The molecule has 3 nitrogen and oxygen atoms in total. The molecule has 90 valence electrons. The number of piperidine rings is 1. The van der Waals surface area contributed by atoms with Gasteiger partial charge in [0.25, 0.3) is 0 Å². The summed E-state index contributed by atoms with van der Waals surface area (Å²) in [5.41, 5.74) is 7.71. The van der Waals surface area contributed by atoms with E-state index in [1.165, 1.54) is 0 Å². The van der Waals surface area contributed by atoms with Crippen LogP contribution in [0.5, 0.6) is 0 Å². The minimum atomic E-state index is 0.294. The molecule has 17 heavy (non-hydrogen) atoms. The maximum absolute atomic E-state index is 9.19. The first kappa shape index (κ1) is 12.4. The molecular weight excluding hydrogens is 278 g/mol. The highest BCUT2D eigenvalue weighted by Crippen LogP contribution is 2.29. The largest absolute Gasteiger partial charge is 0.368 e. The first-order chi connectivity index (χ1) is 8.11. The third-order valence-corrected chi connectivity index (χ3v) is 3.80. The molecular formula is C13H16BrN3. The lowest BCUT2D eigenvalue weighted by Crippen LogP contribution is -2.45. The Morgan fingerprint density at radius 3 is 2.94 bits per heavy atom. The van der Waals surface area contributed by atoms with Crippen LogP contribution in [0.15, 0.2) is 22.7 Å². The van der Waals surface area contributed by atoms with E-state index in [1.807, 2.05) is 18.2 Å². The number of rotatable bonds is 1. The van der Waals surface area contributed by atoms with Crippen LogP contribution in [-0.2, 0) is 0 Å². The summed E-state index contributed by atoms with van der Waals surface area (Å²) >= 11 is 3.40. The molecule has 2 atom stereocenters. The number of nitrogens with zero attached hydrogens (tertiary/aromatic N) is 2. The average molecular weight is 294 g/mol. The number of nitrogens with two attached hydrogens (primary N) is 1. The number of nitriles is 1. The van der Waals surface area contributed by atoms with Crippen LogP contribution in [0.1, 0.15) is 25.3 Å². The van der Waals surface area contributed by atoms with E-state index in [9.17, 15) is 5.26 Å². The summed E-state index contributed by atoms with van der Waals surface area (Å²) in [5, 5.41) is 9.19. The van der Waals surface area contributed by atoms with Gasteiger partial charge in [-0.25, -0.2) is 0 Å². The quantitative estimate of drug-likeness (QED) is 0.866. The zero-order chi connectivity index (χ0) is 12.4. The standard InChI is InChI=1S/C13H16BrN3/c1-9-6-12(16)4-5-17(9)13-3-2-11(14)7-10(13)8-15/h2-3,7,9,12H,4-6,16H2,1H3. The van der Waals surface area contributed by atoms with Gasteiger partial charge in [-0.1, -0.05) is 15.9 Å². The Morgan fingerprint density at radius 1 is 1.53 bits per heavy atom. The Hall–Kier alpha value is -1.05. The van der Waals surface area contributed by atoms with Crippen molar-refractivity contribution in [2.24, 2.45) is 5.73 Å². The van der Waals surface area contributed by atoms with E-state index in [-0.39, 0.29) is 0 Å². The molecule has 1 aromatic rings. The molecule has 1 aromatic carbocycles. The molecule has 1 aliphatic rings. The van der Waals surface area contributed by atoms with Gasteiger partial charge in [-0.15, -0.1) is 0 Å². The van der Waals surface area contributed by atoms with E-state index >= 15 is 0 Å². The lowest BCUT2D eigenvalue weighted by molar-refractivity contribution is 0.429. The predicted molar refractivity (Wildman–Crippen MR) is 72.9 cm³/mol. The SMILES string of the molecule is CC1CC(N)CCN1c1ccc(Br)cc1C#N. The number of halogens is 1. The van der Waals surface area contributed by atoms with Gasteiger partial charge in [0.1, 0.15) is 6.07 Å². The maximum Gasteiger partial charge on any atom is 0.101 e. The van der Waals surface area contributed by atoms with Gasteiger partial charge in [0, 0.05) is 23.1 Å². The van der Waals surface area contributed by atoms with Crippen LogP contribution in [0.2, 0.25) is 0 Å². The van der Waals surface area contributed by atoms with Crippen molar-refractivity contribution in [1.82, 2.24) is 0 Å². The lowest BCUT2D eigenvalue weighted by atomic mass is 9.97. The van der Waals surface area contributed by atoms with E-state index in [2.05, 4.69) is 33.8 Å². The zero-order valence-electron chi connectivity index (χ0n) is 9.86. The van der Waals surface area contributed by atoms with Crippen LogP contribution >= 0.6 is 15.9 Å². The number of anilines is 1. The van der Waals surface area contributed by atoms with Crippen LogP contribution in [-0.4, -0.2) is 18.6 Å². The van der Waals surface area contributed by atoms with Crippen molar-refractivity contribution in [3.05, 3.63) is 28.2 Å². The van der Waals surface area contributed by atoms with Gasteiger partial charge in [-0.3, -0.25) is 0 Å². The lowest BCUT2D eigenvalue weighted by Gasteiger charge is -2.38. The second kappa shape index (κ2) is 5.07. The van der Waals surface area contributed by atoms with E-state index in [0.29, 0.717) is 12.1 Å². The number of hydrogen-bond acceptors (Lipinski definition) is 3. The molecule has 0 aliphatic carbocycles. The van der Waals surface area contributed by atoms with Crippen molar-refractivity contribution < 1.29 is 0 Å². The van der Waals surface area contributed by atoms with E-state index < -0.39 is 0 Å². The molecule has 0 bridgehead atoms. The van der Waals surface area contributed by atoms with Crippen molar-refractivity contribution in [1.29, 1.82) is 5.26 Å². The smallest absolute Gasteiger partial charge is 0.101 e. The number of hydrogen-bond donors (Lipinski definition) is 1. The predicted octanol–water partition coefficient (Wildman–Crippen LogP) is 2.64. The molecule has 1 heterocycles. The molecule has 0 spiro atoms. The summed E-state index contributed by atoms with van der Waals surface area (Å²) in [6, 6.07) is 8.82. The fraction of sp³-hybridized carbons (Fsp3) is 0.462. The second-order valence-electron chi connectivity index (χ2n) is 4.60. The van der Waals surface area contributed by atoms with Gasteiger partial charge in [0.15, 0.2) is 0 Å². The highest BCUT2D eigenvalue weighted by atomic mass is 79.9. The van der Waals surface area contributed by atoms with Gasteiger partial charge < -0.3 is 10.6 Å². The molecule has 0 amide bonds. The molecule has 2 N–H and O–H groups in total. The highest BCUT2D eigenvalue weighted by molar-refractivity contribution is 9.10. The summed E-state index contributed by atoms with van der Waals surface area (Å²) in [6.45, 7) is 3.10. The normalized spacial score (nSPS) is 24.5. The van der Waals surface area contributed by atoms with Gasteiger partial charge in [0.2, 0.25) is 0 Å². The average Bonchev–Trinajstić information content (AvgIpc) is 2.30. The van der Waals surface area contributed by atoms with Crippen molar-refractivity contribution in [2.45, 2.75) is 31.8 Å². The minimum Gasteiger partial charge on any atom is -0.368 e. The molecule has 0 radical (unpaired) electrons. The first-order valence-electron chi connectivity index (χ1n) is 5.83. The van der Waals surface area contributed by atoms with E-state index in [0.717, 1.165) is 35.1 Å². The fourth-order valence-corrected chi connectivity index (χ4v) is 2.78. The molecule has 1 aliphatic heterocycles. The van der Waals surface area contributed by atoms with Crippen molar-refractivity contribution in [3.63, 3.8) is 0 Å². The summed E-state index contributed by atoms with van der Waals surface area (Å²) in [7, 11) is 0. The summed E-state index contributed by atoms with van der Waals surface area (Å²) < 4.78 is 0.944. The fourth-order valence-electron chi connectivity index (χ4n) is 2.41. The Balaban J connectivity index is 2.31. The van der Waals surface area contributed by atoms with Gasteiger partial charge >= 0.3 is 0 Å². The van der Waals surface area contributed by atoms with Crippen LogP contribution < -0.4 is 10.6 Å². The second-order valence-corrected chi connectivity index (χ2v) is 5.52. The third kappa shape index (κ3) is 2.62. The van der Waals surface area contributed by atoms with E-state index in [1.54, 1.807) is 0 Å². The monoisotopic (exact) mass is 293 g/mol. The molecule has 0 aromatic heterocycles. The minimum absolute atomic E-state index is 0.294. The van der Waals surface area contributed by atoms with Crippen molar-refractivity contribution >= 4 is 21.6 Å². The molecule has 2 rings (SSSR count). The van der Waals surface area contributed by atoms with Crippen molar-refractivity contribution in [3.8, 4) is 6.07 Å². The molecule has 4 heteroatoms. The maximum atomic E-state index is 9.19. The third-order valence-electron chi connectivity index (χ3n) is 3.31. The topological polar surface area (TPSA) is 53.0 Å². The van der Waals surface area contributed by atoms with Gasteiger partial charge in [-0.05, 0) is 38.0 Å². The molecule has 2 unspecified atom stereocenters. The van der Waals surface area contributed by atoms with Crippen LogP contribution in [0.3, 0.4) is 0 Å². The highest BCUT2D eigenvalue weighted by Gasteiger charge is 2.24.